The maximum atomic E-state index is 12.2. The first-order valence-electron chi connectivity index (χ1n) is 9.55. The Morgan fingerprint density at radius 3 is 2.56 bits per heavy atom. The molecule has 1 N–H and O–H groups in total. The van der Waals surface area contributed by atoms with Gasteiger partial charge < -0.3 is 10.1 Å². The fraction of sp³-hybridized carbons (Fsp3) is 0.650. The van der Waals surface area contributed by atoms with Gasteiger partial charge in [0.15, 0.2) is 0 Å². The van der Waals surface area contributed by atoms with Crippen LogP contribution in [-0.2, 0) is 4.79 Å². The highest BCUT2D eigenvalue weighted by atomic mass is 16.5. The van der Waals surface area contributed by atoms with E-state index in [9.17, 15) is 4.79 Å². The van der Waals surface area contributed by atoms with Gasteiger partial charge in [-0.25, -0.2) is 4.98 Å². The van der Waals surface area contributed by atoms with Crippen molar-refractivity contribution in [3.8, 4) is 11.9 Å². The van der Waals surface area contributed by atoms with Crippen molar-refractivity contribution in [2.45, 2.75) is 76.4 Å². The first-order chi connectivity index (χ1) is 12.2. The molecule has 0 atom stereocenters. The zero-order valence-electron chi connectivity index (χ0n) is 14.7. The molecule has 134 valence electrons. The number of hydrogen-bond acceptors (Lipinski definition) is 4. The molecule has 0 radical (unpaired) electrons. The van der Waals surface area contributed by atoms with E-state index in [1.54, 1.807) is 12.1 Å². The molecule has 5 nitrogen and oxygen atoms in total. The van der Waals surface area contributed by atoms with Gasteiger partial charge in [-0.3, -0.25) is 4.79 Å². The Morgan fingerprint density at radius 2 is 1.92 bits per heavy atom. The minimum absolute atomic E-state index is 0.145. The zero-order chi connectivity index (χ0) is 17.5. The molecule has 0 saturated heterocycles. The lowest BCUT2D eigenvalue weighted by molar-refractivity contribution is -0.123. The quantitative estimate of drug-likeness (QED) is 0.885. The molecule has 0 spiro atoms. The molecule has 3 rings (SSSR count). The summed E-state index contributed by atoms with van der Waals surface area (Å²) in [6.07, 6.45) is 12.5. The van der Waals surface area contributed by atoms with Gasteiger partial charge in [-0.15, -0.1) is 0 Å². The Balaban J connectivity index is 1.37. The molecule has 25 heavy (non-hydrogen) atoms. The van der Waals surface area contributed by atoms with Gasteiger partial charge in [0.1, 0.15) is 12.2 Å². The van der Waals surface area contributed by atoms with Crippen molar-refractivity contribution in [1.29, 1.82) is 5.26 Å². The summed E-state index contributed by atoms with van der Waals surface area (Å²) in [5.74, 6) is 1.39. The molecule has 2 aliphatic rings. The number of hydrogen-bond donors (Lipinski definition) is 1. The average Bonchev–Trinajstić information content (AvgIpc) is 2.65. The molecule has 0 bridgehead atoms. The van der Waals surface area contributed by atoms with Crippen LogP contribution < -0.4 is 10.1 Å². The van der Waals surface area contributed by atoms with Gasteiger partial charge >= 0.3 is 0 Å². The molecule has 0 aliphatic heterocycles. The number of amides is 1. The standard InChI is InChI=1S/C20H27N3O2/c21-13-16-6-11-20(22-14-16)25-18-9-7-17(8-10-18)23-19(24)12-15-4-2-1-3-5-15/h6,11,14-15,17-18H,1-5,7-10,12H2,(H,23,24). The Kier molecular flexibility index (Phi) is 6.27. The van der Waals surface area contributed by atoms with Crippen molar-refractivity contribution in [3.63, 3.8) is 0 Å². The van der Waals surface area contributed by atoms with Crippen molar-refractivity contribution in [2.24, 2.45) is 5.92 Å². The minimum atomic E-state index is 0.145. The van der Waals surface area contributed by atoms with E-state index in [-0.39, 0.29) is 18.1 Å². The number of rotatable bonds is 5. The Labute approximate surface area is 149 Å². The lowest BCUT2D eigenvalue weighted by Crippen LogP contribution is -2.40. The smallest absolute Gasteiger partial charge is 0.220 e. The predicted molar refractivity (Wildman–Crippen MR) is 95.0 cm³/mol. The van der Waals surface area contributed by atoms with Crippen LogP contribution in [-0.4, -0.2) is 23.0 Å². The minimum Gasteiger partial charge on any atom is -0.474 e. The molecule has 2 saturated carbocycles. The maximum absolute atomic E-state index is 12.2. The van der Waals surface area contributed by atoms with Crippen LogP contribution in [0, 0.1) is 17.2 Å². The number of nitrogens with one attached hydrogen (secondary N) is 1. The van der Waals surface area contributed by atoms with Crippen LogP contribution in [0.3, 0.4) is 0 Å². The summed E-state index contributed by atoms with van der Waals surface area (Å²) >= 11 is 0. The summed E-state index contributed by atoms with van der Waals surface area (Å²) in [4.78, 5) is 16.4. The predicted octanol–water partition coefficient (Wildman–Crippen LogP) is 3.73. The van der Waals surface area contributed by atoms with Gasteiger partial charge in [0.25, 0.3) is 0 Å². The Hall–Kier alpha value is -2.09. The van der Waals surface area contributed by atoms with Gasteiger partial charge in [-0.05, 0) is 50.5 Å². The highest BCUT2D eigenvalue weighted by Crippen LogP contribution is 2.27. The lowest BCUT2D eigenvalue weighted by Gasteiger charge is -2.30. The van der Waals surface area contributed by atoms with Crippen LogP contribution in [0.25, 0.3) is 0 Å². The third-order valence-corrected chi connectivity index (χ3v) is 5.39. The van der Waals surface area contributed by atoms with Gasteiger partial charge in [-0.2, -0.15) is 5.26 Å². The van der Waals surface area contributed by atoms with Crippen molar-refractivity contribution in [2.75, 3.05) is 0 Å². The van der Waals surface area contributed by atoms with E-state index in [2.05, 4.69) is 16.4 Å². The number of nitriles is 1. The van der Waals surface area contributed by atoms with E-state index in [0.717, 1.165) is 25.7 Å². The molecular formula is C20H27N3O2. The van der Waals surface area contributed by atoms with Crippen LogP contribution in [0.4, 0.5) is 0 Å². The molecule has 2 fully saturated rings. The van der Waals surface area contributed by atoms with Gasteiger partial charge in [0, 0.05) is 24.7 Å². The zero-order valence-corrected chi connectivity index (χ0v) is 14.7. The van der Waals surface area contributed by atoms with Crippen LogP contribution in [0.5, 0.6) is 5.88 Å². The molecule has 1 amide bonds. The molecule has 0 unspecified atom stereocenters. The fourth-order valence-electron chi connectivity index (χ4n) is 3.95. The number of ether oxygens (including phenoxy) is 1. The number of aromatic nitrogens is 1. The molecule has 2 aliphatic carbocycles. The SMILES string of the molecule is N#Cc1ccc(OC2CCC(NC(=O)CC3CCCCC3)CC2)nc1. The maximum Gasteiger partial charge on any atom is 0.220 e. The molecule has 1 aromatic rings. The van der Waals surface area contributed by atoms with E-state index in [0.29, 0.717) is 23.8 Å². The van der Waals surface area contributed by atoms with E-state index in [4.69, 9.17) is 10.00 Å². The van der Waals surface area contributed by atoms with E-state index in [1.165, 1.54) is 38.3 Å². The summed E-state index contributed by atoms with van der Waals surface area (Å²) in [7, 11) is 0. The second-order valence-electron chi connectivity index (χ2n) is 7.36. The first kappa shape index (κ1) is 17.7. The number of pyridine rings is 1. The molecule has 5 heteroatoms. The molecule has 0 aromatic carbocycles. The topological polar surface area (TPSA) is 75.0 Å². The number of carbonyl (C=O) groups is 1. The number of carbonyl (C=O) groups excluding carboxylic acids is 1. The van der Waals surface area contributed by atoms with Crippen LogP contribution in [0.15, 0.2) is 18.3 Å². The highest BCUT2D eigenvalue weighted by molar-refractivity contribution is 5.76. The van der Waals surface area contributed by atoms with Crippen LogP contribution in [0.2, 0.25) is 0 Å². The third-order valence-electron chi connectivity index (χ3n) is 5.39. The average molecular weight is 341 g/mol. The van der Waals surface area contributed by atoms with Crippen molar-refractivity contribution >= 4 is 5.91 Å². The third kappa shape index (κ3) is 5.45. The second kappa shape index (κ2) is 8.84. The Bertz CT molecular complexity index is 594. The Morgan fingerprint density at radius 1 is 1.16 bits per heavy atom. The summed E-state index contributed by atoms with van der Waals surface area (Å²) in [6.45, 7) is 0. The van der Waals surface area contributed by atoms with Gasteiger partial charge in [-0.1, -0.05) is 19.3 Å². The van der Waals surface area contributed by atoms with Gasteiger partial charge in [0.05, 0.1) is 5.56 Å². The normalized spacial score (nSPS) is 24.3. The van der Waals surface area contributed by atoms with Gasteiger partial charge in [0.2, 0.25) is 11.8 Å². The molecule has 1 aromatic heterocycles. The first-order valence-corrected chi connectivity index (χ1v) is 9.55. The van der Waals surface area contributed by atoms with Crippen molar-refractivity contribution < 1.29 is 9.53 Å². The van der Waals surface area contributed by atoms with Crippen molar-refractivity contribution in [1.82, 2.24) is 10.3 Å². The monoisotopic (exact) mass is 341 g/mol. The summed E-state index contributed by atoms with van der Waals surface area (Å²) in [5, 5.41) is 12.0. The van der Waals surface area contributed by atoms with Crippen LogP contribution in [0.1, 0.15) is 69.8 Å². The van der Waals surface area contributed by atoms with E-state index in [1.807, 2.05) is 0 Å². The summed E-state index contributed by atoms with van der Waals surface area (Å²) in [6, 6.07) is 5.80. The van der Waals surface area contributed by atoms with Crippen molar-refractivity contribution in [3.05, 3.63) is 23.9 Å². The van der Waals surface area contributed by atoms with E-state index < -0.39 is 0 Å². The highest BCUT2D eigenvalue weighted by Gasteiger charge is 2.25. The second-order valence-corrected chi connectivity index (χ2v) is 7.36. The summed E-state index contributed by atoms with van der Waals surface area (Å²) < 4.78 is 5.90. The lowest BCUT2D eigenvalue weighted by atomic mass is 9.86. The van der Waals surface area contributed by atoms with Crippen LogP contribution >= 0.6 is 0 Å². The van der Waals surface area contributed by atoms with E-state index >= 15 is 0 Å². The number of nitrogens with zero attached hydrogens (tertiary/aromatic N) is 2. The molecular weight excluding hydrogens is 314 g/mol. The fourth-order valence-corrected chi connectivity index (χ4v) is 3.95. The summed E-state index contributed by atoms with van der Waals surface area (Å²) in [5.41, 5.74) is 0.539. The molecule has 1 heterocycles. The largest absolute Gasteiger partial charge is 0.474 e.